The number of nitrogens with one attached hydrogen (secondary N) is 1. The summed E-state index contributed by atoms with van der Waals surface area (Å²) in [6.07, 6.45) is 2.06. The Morgan fingerprint density at radius 2 is 2.44 bits per heavy atom. The van der Waals surface area contributed by atoms with Gasteiger partial charge in [-0.15, -0.1) is 0 Å². The van der Waals surface area contributed by atoms with Crippen molar-refractivity contribution in [2.75, 3.05) is 7.11 Å². The van der Waals surface area contributed by atoms with E-state index < -0.39 is 0 Å². The van der Waals surface area contributed by atoms with Crippen molar-refractivity contribution in [2.24, 2.45) is 0 Å². The Morgan fingerprint density at radius 1 is 1.62 bits per heavy atom. The lowest BCUT2D eigenvalue weighted by molar-refractivity contribution is 0.0497. The van der Waals surface area contributed by atoms with Crippen LogP contribution in [-0.2, 0) is 16.1 Å². The molecule has 2 atom stereocenters. The van der Waals surface area contributed by atoms with E-state index in [0.29, 0.717) is 18.1 Å². The van der Waals surface area contributed by atoms with Crippen molar-refractivity contribution in [3.8, 4) is 0 Å². The molecule has 1 aromatic rings. The lowest BCUT2D eigenvalue weighted by atomic mass is 10.2. The molecule has 0 saturated carbocycles. The van der Waals surface area contributed by atoms with Crippen molar-refractivity contribution in [3.05, 3.63) is 27.9 Å². The third-order valence-electron chi connectivity index (χ3n) is 2.64. The van der Waals surface area contributed by atoms with Crippen LogP contribution in [0.25, 0.3) is 0 Å². The summed E-state index contributed by atoms with van der Waals surface area (Å²) in [5.41, 5.74) is 0.490. The molecule has 2 unspecified atom stereocenters. The van der Waals surface area contributed by atoms with E-state index in [-0.39, 0.29) is 17.8 Å². The van der Waals surface area contributed by atoms with Crippen LogP contribution in [0.4, 0.5) is 0 Å². The van der Waals surface area contributed by atoms with Gasteiger partial charge in [-0.25, -0.2) is 4.98 Å². The van der Waals surface area contributed by atoms with Gasteiger partial charge in [-0.05, 0) is 19.8 Å². The zero-order valence-electron chi connectivity index (χ0n) is 9.53. The van der Waals surface area contributed by atoms with E-state index in [1.165, 1.54) is 6.07 Å². The third kappa shape index (κ3) is 2.48. The number of rotatable bonds is 3. The SMILES string of the molecule is COCc1cc(=O)[nH]c(C2CCC(C)O2)n1. The number of ether oxygens (including phenoxy) is 2. The Balaban J connectivity index is 2.23. The van der Waals surface area contributed by atoms with E-state index in [4.69, 9.17) is 9.47 Å². The van der Waals surface area contributed by atoms with Crippen LogP contribution in [0.3, 0.4) is 0 Å². The quantitative estimate of drug-likeness (QED) is 0.836. The summed E-state index contributed by atoms with van der Waals surface area (Å²) in [7, 11) is 1.58. The first-order valence-corrected chi connectivity index (χ1v) is 5.43. The Labute approximate surface area is 93.8 Å². The zero-order valence-corrected chi connectivity index (χ0v) is 9.53. The Kier molecular flexibility index (Phi) is 3.36. The van der Waals surface area contributed by atoms with Gasteiger partial charge in [-0.2, -0.15) is 0 Å². The van der Waals surface area contributed by atoms with Crippen LogP contribution in [0.1, 0.15) is 37.4 Å². The first kappa shape index (κ1) is 11.3. The minimum atomic E-state index is -0.153. The molecule has 0 radical (unpaired) electrons. The van der Waals surface area contributed by atoms with Crippen LogP contribution < -0.4 is 5.56 Å². The number of methoxy groups -OCH3 is 1. The van der Waals surface area contributed by atoms with Gasteiger partial charge in [0.25, 0.3) is 5.56 Å². The number of aromatic nitrogens is 2. The highest BCUT2D eigenvalue weighted by atomic mass is 16.5. The molecule has 2 heterocycles. The van der Waals surface area contributed by atoms with Crippen molar-refractivity contribution in [2.45, 2.75) is 38.6 Å². The summed E-state index contributed by atoms with van der Waals surface area (Å²) >= 11 is 0. The minimum Gasteiger partial charge on any atom is -0.378 e. The van der Waals surface area contributed by atoms with E-state index in [1.54, 1.807) is 7.11 Å². The van der Waals surface area contributed by atoms with Gasteiger partial charge < -0.3 is 14.5 Å². The number of aromatic amines is 1. The number of hydrogen-bond acceptors (Lipinski definition) is 4. The highest BCUT2D eigenvalue weighted by Gasteiger charge is 2.25. The molecule has 2 rings (SSSR count). The van der Waals surface area contributed by atoms with Crippen LogP contribution in [-0.4, -0.2) is 23.2 Å². The number of nitrogens with zero attached hydrogens (tertiary/aromatic N) is 1. The molecule has 0 aromatic carbocycles. The van der Waals surface area contributed by atoms with Gasteiger partial charge in [0, 0.05) is 13.2 Å². The summed E-state index contributed by atoms with van der Waals surface area (Å²) in [4.78, 5) is 18.5. The fourth-order valence-corrected chi connectivity index (χ4v) is 1.91. The molecule has 0 amide bonds. The smallest absolute Gasteiger partial charge is 0.251 e. The number of hydrogen-bond donors (Lipinski definition) is 1. The average Bonchev–Trinajstić information content (AvgIpc) is 2.64. The normalized spacial score (nSPS) is 24.9. The van der Waals surface area contributed by atoms with Gasteiger partial charge in [0.15, 0.2) is 0 Å². The fourth-order valence-electron chi connectivity index (χ4n) is 1.91. The second kappa shape index (κ2) is 4.76. The van der Waals surface area contributed by atoms with Crippen LogP contribution in [0.2, 0.25) is 0 Å². The molecule has 1 aliphatic heterocycles. The largest absolute Gasteiger partial charge is 0.378 e. The van der Waals surface area contributed by atoms with E-state index in [9.17, 15) is 4.79 Å². The molecule has 1 aliphatic rings. The summed E-state index contributed by atoms with van der Waals surface area (Å²) in [6, 6.07) is 1.45. The van der Waals surface area contributed by atoms with E-state index >= 15 is 0 Å². The Bertz CT molecular complexity index is 416. The van der Waals surface area contributed by atoms with Gasteiger partial charge in [-0.3, -0.25) is 4.79 Å². The van der Waals surface area contributed by atoms with Gasteiger partial charge in [0.2, 0.25) is 0 Å². The highest BCUT2D eigenvalue weighted by molar-refractivity contribution is 5.04. The van der Waals surface area contributed by atoms with E-state index in [1.807, 2.05) is 6.92 Å². The van der Waals surface area contributed by atoms with Crippen LogP contribution >= 0.6 is 0 Å². The summed E-state index contributed by atoms with van der Waals surface area (Å²) in [6.45, 7) is 2.37. The predicted octanol–water partition coefficient (Wildman–Crippen LogP) is 1.16. The molecule has 1 fully saturated rings. The maximum atomic E-state index is 11.4. The Morgan fingerprint density at radius 3 is 3.06 bits per heavy atom. The molecule has 1 N–H and O–H groups in total. The van der Waals surface area contributed by atoms with Crippen molar-refractivity contribution in [1.29, 1.82) is 0 Å². The van der Waals surface area contributed by atoms with Crippen molar-refractivity contribution >= 4 is 0 Å². The monoisotopic (exact) mass is 224 g/mol. The van der Waals surface area contributed by atoms with Gasteiger partial charge in [0.1, 0.15) is 11.9 Å². The van der Waals surface area contributed by atoms with Crippen molar-refractivity contribution in [3.63, 3.8) is 0 Å². The summed E-state index contributed by atoms with van der Waals surface area (Å²) in [5.74, 6) is 0.615. The molecule has 88 valence electrons. The molecule has 1 saturated heterocycles. The molecular formula is C11H16N2O3. The molecular weight excluding hydrogens is 208 g/mol. The van der Waals surface area contributed by atoms with E-state index in [0.717, 1.165) is 12.8 Å². The minimum absolute atomic E-state index is 0.0838. The predicted molar refractivity (Wildman–Crippen MR) is 58.1 cm³/mol. The topological polar surface area (TPSA) is 64.2 Å². The number of H-pyrrole nitrogens is 1. The molecule has 0 aliphatic carbocycles. The summed E-state index contributed by atoms with van der Waals surface area (Å²) < 4.78 is 10.6. The lowest BCUT2D eigenvalue weighted by Gasteiger charge is -2.11. The van der Waals surface area contributed by atoms with Gasteiger partial charge >= 0.3 is 0 Å². The Hall–Kier alpha value is -1.20. The van der Waals surface area contributed by atoms with E-state index in [2.05, 4.69) is 9.97 Å². The van der Waals surface area contributed by atoms with Crippen molar-refractivity contribution < 1.29 is 9.47 Å². The van der Waals surface area contributed by atoms with Gasteiger partial charge in [0.05, 0.1) is 18.4 Å². The van der Waals surface area contributed by atoms with Crippen molar-refractivity contribution in [1.82, 2.24) is 9.97 Å². The molecule has 0 bridgehead atoms. The maximum absolute atomic E-state index is 11.4. The second-order valence-electron chi connectivity index (χ2n) is 4.07. The van der Waals surface area contributed by atoms with Crippen LogP contribution in [0, 0.1) is 0 Å². The average molecular weight is 224 g/mol. The molecule has 0 spiro atoms. The lowest BCUT2D eigenvalue weighted by Crippen LogP contribution is -2.16. The fraction of sp³-hybridized carbons (Fsp3) is 0.636. The van der Waals surface area contributed by atoms with Crippen LogP contribution in [0.15, 0.2) is 10.9 Å². The zero-order chi connectivity index (χ0) is 11.5. The highest BCUT2D eigenvalue weighted by Crippen LogP contribution is 2.29. The standard InChI is InChI=1S/C11H16N2O3/c1-7-3-4-9(16-7)11-12-8(6-15-2)5-10(14)13-11/h5,7,9H,3-4,6H2,1-2H3,(H,12,13,14). The molecule has 5 heteroatoms. The van der Waals surface area contributed by atoms with Crippen LogP contribution in [0.5, 0.6) is 0 Å². The maximum Gasteiger partial charge on any atom is 0.251 e. The summed E-state index contributed by atoms with van der Waals surface area (Å²) in [5, 5.41) is 0. The third-order valence-corrected chi connectivity index (χ3v) is 2.64. The second-order valence-corrected chi connectivity index (χ2v) is 4.07. The molecule has 1 aromatic heterocycles. The van der Waals surface area contributed by atoms with Gasteiger partial charge in [-0.1, -0.05) is 0 Å². The first-order chi connectivity index (χ1) is 7.69. The molecule has 16 heavy (non-hydrogen) atoms. The first-order valence-electron chi connectivity index (χ1n) is 5.43. The molecule has 5 nitrogen and oxygen atoms in total.